The van der Waals surface area contributed by atoms with Gasteiger partial charge in [-0.1, -0.05) is 29.8 Å². The van der Waals surface area contributed by atoms with Crippen molar-refractivity contribution in [1.29, 1.82) is 0 Å². The van der Waals surface area contributed by atoms with Crippen LogP contribution in [0.1, 0.15) is 17.5 Å². The summed E-state index contributed by atoms with van der Waals surface area (Å²) in [5, 5.41) is 2.95. The van der Waals surface area contributed by atoms with E-state index in [1.54, 1.807) is 12.1 Å². The van der Waals surface area contributed by atoms with Crippen molar-refractivity contribution in [1.82, 2.24) is 9.62 Å². The average Bonchev–Trinajstić information content (AvgIpc) is 3.13. The van der Waals surface area contributed by atoms with Crippen molar-refractivity contribution in [2.24, 2.45) is 0 Å². The summed E-state index contributed by atoms with van der Waals surface area (Å²) < 4.78 is 32.0. The molecular formula is C20H24N2O4S. The molecule has 0 radical (unpaired) electrons. The summed E-state index contributed by atoms with van der Waals surface area (Å²) in [6.07, 6.45) is 0.900. The van der Waals surface area contributed by atoms with Gasteiger partial charge in [0.2, 0.25) is 15.9 Å². The van der Waals surface area contributed by atoms with Gasteiger partial charge in [0.05, 0.1) is 18.4 Å². The average molecular weight is 388 g/mol. The van der Waals surface area contributed by atoms with Crippen LogP contribution in [0.15, 0.2) is 53.4 Å². The Kier molecular flexibility index (Phi) is 5.82. The first kappa shape index (κ1) is 19.4. The van der Waals surface area contributed by atoms with E-state index in [-0.39, 0.29) is 23.4 Å². The molecule has 0 saturated carbocycles. The zero-order chi connectivity index (χ0) is 19.4. The molecule has 2 aromatic rings. The fourth-order valence-electron chi connectivity index (χ4n) is 3.13. The first-order valence-electron chi connectivity index (χ1n) is 8.87. The van der Waals surface area contributed by atoms with Gasteiger partial charge in [-0.15, -0.1) is 0 Å². The third-order valence-electron chi connectivity index (χ3n) is 4.70. The zero-order valence-corrected chi connectivity index (χ0v) is 16.3. The van der Waals surface area contributed by atoms with Gasteiger partial charge in [-0.05, 0) is 43.2 Å². The molecule has 0 aliphatic carbocycles. The normalized spacial score (nSPS) is 17.6. The number of hydrogen-bond donors (Lipinski definition) is 1. The fraction of sp³-hybridized carbons (Fsp3) is 0.350. The van der Waals surface area contributed by atoms with Crippen LogP contribution in [0.25, 0.3) is 0 Å². The molecule has 7 heteroatoms. The first-order valence-corrected chi connectivity index (χ1v) is 10.3. The lowest BCUT2D eigenvalue weighted by atomic mass is 10.1. The van der Waals surface area contributed by atoms with Gasteiger partial charge in [0, 0.05) is 19.1 Å². The minimum absolute atomic E-state index is 0.0902. The molecule has 1 fully saturated rings. The molecule has 6 nitrogen and oxygen atoms in total. The van der Waals surface area contributed by atoms with Crippen molar-refractivity contribution in [3.63, 3.8) is 0 Å². The number of amides is 1. The van der Waals surface area contributed by atoms with Gasteiger partial charge in [-0.2, -0.15) is 4.31 Å². The molecule has 2 aromatic carbocycles. The van der Waals surface area contributed by atoms with Crippen LogP contribution >= 0.6 is 0 Å². The van der Waals surface area contributed by atoms with Crippen LogP contribution in [0, 0.1) is 6.92 Å². The Morgan fingerprint density at radius 1 is 1.15 bits per heavy atom. The molecule has 1 atom stereocenters. The Morgan fingerprint density at radius 2 is 1.81 bits per heavy atom. The van der Waals surface area contributed by atoms with Gasteiger partial charge in [-0.3, -0.25) is 4.79 Å². The van der Waals surface area contributed by atoms with E-state index in [2.05, 4.69) is 5.32 Å². The Morgan fingerprint density at radius 3 is 2.44 bits per heavy atom. The lowest BCUT2D eigenvalue weighted by molar-refractivity contribution is -0.121. The van der Waals surface area contributed by atoms with Crippen molar-refractivity contribution in [3.05, 3.63) is 59.7 Å². The Labute approximate surface area is 160 Å². The minimum atomic E-state index is -3.57. The lowest BCUT2D eigenvalue weighted by Crippen LogP contribution is -2.39. The van der Waals surface area contributed by atoms with Crippen LogP contribution in [0.5, 0.6) is 5.75 Å². The molecule has 1 aliphatic rings. The van der Waals surface area contributed by atoms with E-state index in [0.717, 1.165) is 11.1 Å². The highest BCUT2D eigenvalue weighted by Gasteiger charge is 2.33. The summed E-state index contributed by atoms with van der Waals surface area (Å²) in [6, 6.07) is 14.0. The van der Waals surface area contributed by atoms with Crippen LogP contribution in [-0.4, -0.2) is 44.9 Å². The minimum Gasteiger partial charge on any atom is -0.497 e. The van der Waals surface area contributed by atoms with E-state index in [0.29, 0.717) is 25.1 Å². The van der Waals surface area contributed by atoms with Crippen LogP contribution in [0.4, 0.5) is 0 Å². The Balaban J connectivity index is 1.58. The van der Waals surface area contributed by atoms with E-state index in [1.807, 2.05) is 31.2 Å². The van der Waals surface area contributed by atoms with Crippen molar-refractivity contribution < 1.29 is 17.9 Å². The Bertz CT molecular complexity index is 893. The highest BCUT2D eigenvalue weighted by molar-refractivity contribution is 7.89. The Hall–Kier alpha value is -2.38. The number of sulfonamides is 1. The van der Waals surface area contributed by atoms with E-state index >= 15 is 0 Å². The van der Waals surface area contributed by atoms with E-state index in [4.69, 9.17) is 4.74 Å². The second-order valence-electron chi connectivity index (χ2n) is 6.75. The molecular weight excluding hydrogens is 364 g/mol. The summed E-state index contributed by atoms with van der Waals surface area (Å²) >= 11 is 0. The van der Waals surface area contributed by atoms with Crippen LogP contribution in [0.2, 0.25) is 0 Å². The first-order chi connectivity index (χ1) is 12.9. The van der Waals surface area contributed by atoms with Gasteiger partial charge in [0.25, 0.3) is 0 Å². The molecule has 1 N–H and O–H groups in total. The lowest BCUT2D eigenvalue weighted by Gasteiger charge is -2.17. The summed E-state index contributed by atoms with van der Waals surface area (Å²) in [6.45, 7) is 2.68. The number of ether oxygens (including phenoxy) is 1. The molecule has 0 bridgehead atoms. The maximum absolute atomic E-state index is 12.8. The van der Waals surface area contributed by atoms with Gasteiger partial charge < -0.3 is 10.1 Å². The number of rotatable bonds is 6. The number of carbonyl (C=O) groups excluding carboxylic acids is 1. The molecule has 1 aliphatic heterocycles. The van der Waals surface area contributed by atoms with Gasteiger partial charge in [0.15, 0.2) is 0 Å². The number of methoxy groups -OCH3 is 1. The molecule has 27 heavy (non-hydrogen) atoms. The summed E-state index contributed by atoms with van der Waals surface area (Å²) in [7, 11) is -2.03. The number of aryl methyl sites for hydroxylation is 1. The SMILES string of the molecule is COc1ccc(S(=O)(=O)N2CCC(NC(=O)Cc3ccc(C)cc3)C2)cc1. The van der Waals surface area contributed by atoms with E-state index in [9.17, 15) is 13.2 Å². The molecule has 1 amide bonds. The molecule has 0 spiro atoms. The predicted molar refractivity (Wildman–Crippen MR) is 103 cm³/mol. The van der Waals surface area contributed by atoms with Crippen molar-refractivity contribution >= 4 is 15.9 Å². The van der Waals surface area contributed by atoms with Crippen LogP contribution in [-0.2, 0) is 21.2 Å². The van der Waals surface area contributed by atoms with Crippen LogP contribution < -0.4 is 10.1 Å². The predicted octanol–water partition coefficient (Wildman–Crippen LogP) is 2.13. The highest BCUT2D eigenvalue weighted by Crippen LogP contribution is 2.23. The van der Waals surface area contributed by atoms with Crippen LogP contribution in [0.3, 0.4) is 0 Å². The third kappa shape index (κ3) is 4.67. The highest BCUT2D eigenvalue weighted by atomic mass is 32.2. The summed E-state index contributed by atoms with van der Waals surface area (Å²) in [5.41, 5.74) is 2.09. The summed E-state index contributed by atoms with van der Waals surface area (Å²) in [5.74, 6) is 0.518. The number of benzene rings is 2. The second kappa shape index (κ2) is 8.10. The monoisotopic (exact) mass is 388 g/mol. The number of nitrogens with one attached hydrogen (secondary N) is 1. The molecule has 1 heterocycles. The standard InChI is InChI=1S/C20H24N2O4S/c1-15-3-5-16(6-4-15)13-20(23)21-17-11-12-22(14-17)27(24,25)19-9-7-18(26-2)8-10-19/h3-10,17H,11-14H2,1-2H3,(H,21,23). The maximum atomic E-state index is 12.8. The molecule has 0 aromatic heterocycles. The van der Waals surface area contributed by atoms with Gasteiger partial charge in [-0.25, -0.2) is 8.42 Å². The number of nitrogens with zero attached hydrogens (tertiary/aromatic N) is 1. The van der Waals surface area contributed by atoms with Crippen molar-refractivity contribution in [2.45, 2.75) is 30.7 Å². The second-order valence-corrected chi connectivity index (χ2v) is 8.69. The molecule has 144 valence electrons. The smallest absolute Gasteiger partial charge is 0.243 e. The molecule has 1 unspecified atom stereocenters. The van der Waals surface area contributed by atoms with Crippen molar-refractivity contribution in [3.8, 4) is 5.75 Å². The van der Waals surface area contributed by atoms with E-state index < -0.39 is 10.0 Å². The van der Waals surface area contributed by atoms with Gasteiger partial charge >= 0.3 is 0 Å². The topological polar surface area (TPSA) is 75.7 Å². The van der Waals surface area contributed by atoms with E-state index in [1.165, 1.54) is 23.5 Å². The quantitative estimate of drug-likeness (QED) is 0.823. The maximum Gasteiger partial charge on any atom is 0.243 e. The number of hydrogen-bond acceptors (Lipinski definition) is 4. The van der Waals surface area contributed by atoms with Crippen molar-refractivity contribution in [2.75, 3.05) is 20.2 Å². The number of carbonyl (C=O) groups is 1. The molecule has 1 saturated heterocycles. The zero-order valence-electron chi connectivity index (χ0n) is 15.5. The molecule has 3 rings (SSSR count). The largest absolute Gasteiger partial charge is 0.497 e. The third-order valence-corrected chi connectivity index (χ3v) is 6.58. The van der Waals surface area contributed by atoms with Gasteiger partial charge in [0.1, 0.15) is 5.75 Å². The summed E-state index contributed by atoms with van der Waals surface area (Å²) in [4.78, 5) is 12.5. The fourth-order valence-corrected chi connectivity index (χ4v) is 4.63.